The fraction of sp³-hybridized carbons (Fsp3) is 0.333. The normalized spacial score (nSPS) is 11.0. The smallest absolute Gasteiger partial charge is 0.130 e. The van der Waals surface area contributed by atoms with E-state index in [1.54, 1.807) is 0 Å². The molecule has 2 rings (SSSR count). The second-order valence-electron chi connectivity index (χ2n) is 4.94. The molecule has 0 unspecified atom stereocenters. The van der Waals surface area contributed by atoms with Crippen LogP contribution in [0.5, 0.6) is 11.5 Å². The van der Waals surface area contributed by atoms with Gasteiger partial charge in [0.1, 0.15) is 11.5 Å². The quantitative estimate of drug-likeness (QED) is 0.614. The van der Waals surface area contributed by atoms with Crippen LogP contribution in [-0.4, -0.2) is 48.4 Å². The van der Waals surface area contributed by atoms with Crippen molar-refractivity contribution in [1.29, 1.82) is 0 Å². The Morgan fingerprint density at radius 3 is 2.08 bits per heavy atom. The van der Waals surface area contributed by atoms with E-state index in [2.05, 4.69) is 0 Å². The first-order valence-electron chi connectivity index (χ1n) is 7.89. The van der Waals surface area contributed by atoms with E-state index in [-0.39, 0.29) is 26.4 Å². The van der Waals surface area contributed by atoms with Crippen molar-refractivity contribution in [3.8, 4) is 11.5 Å². The first kappa shape index (κ1) is 18.4. The summed E-state index contributed by atoms with van der Waals surface area (Å²) in [5, 5.41) is 19.0. The molecule has 24 heavy (non-hydrogen) atoms. The Kier molecular flexibility index (Phi) is 8.23. The molecule has 0 aliphatic rings. The van der Waals surface area contributed by atoms with Crippen LogP contribution in [0.3, 0.4) is 0 Å². The fourth-order valence-corrected chi connectivity index (χ4v) is 2.09. The molecule has 0 saturated heterocycles. The van der Waals surface area contributed by atoms with Gasteiger partial charge in [0.25, 0.3) is 0 Å². The molecule has 0 radical (unpaired) electrons. The van der Waals surface area contributed by atoms with E-state index >= 15 is 0 Å². The number of hydroxylamine groups is 2. The molecule has 0 bridgehead atoms. The molecule has 0 atom stereocenters. The zero-order valence-electron chi connectivity index (χ0n) is 13.5. The number of rotatable bonds is 11. The largest absolute Gasteiger partial charge is 0.457 e. The van der Waals surface area contributed by atoms with Crippen molar-refractivity contribution in [3.05, 3.63) is 60.2 Å². The predicted octanol–water partition coefficient (Wildman–Crippen LogP) is 2.17. The summed E-state index contributed by atoms with van der Waals surface area (Å²) in [4.78, 5) is 10.6. The number of para-hydroxylation sites is 2. The molecule has 6 heteroatoms. The lowest BCUT2D eigenvalue weighted by Gasteiger charge is -2.20. The maximum Gasteiger partial charge on any atom is 0.130 e. The molecular formula is C18H23NO5. The van der Waals surface area contributed by atoms with E-state index in [1.165, 1.54) is 5.23 Å². The van der Waals surface area contributed by atoms with Crippen LogP contribution in [0.2, 0.25) is 0 Å². The number of hydrogen-bond acceptors (Lipinski definition) is 6. The van der Waals surface area contributed by atoms with Gasteiger partial charge in [-0.1, -0.05) is 41.6 Å². The van der Waals surface area contributed by atoms with Crippen molar-refractivity contribution in [3.63, 3.8) is 0 Å². The summed E-state index contributed by atoms with van der Waals surface area (Å²) in [5.74, 6) is 1.54. The molecule has 0 fully saturated rings. The summed E-state index contributed by atoms with van der Waals surface area (Å²) in [6.07, 6.45) is 0.625. The van der Waals surface area contributed by atoms with E-state index in [0.29, 0.717) is 13.0 Å². The zero-order valence-corrected chi connectivity index (χ0v) is 13.5. The molecule has 0 amide bonds. The number of benzene rings is 2. The van der Waals surface area contributed by atoms with Crippen LogP contribution < -0.4 is 4.74 Å². The lowest BCUT2D eigenvalue weighted by molar-refractivity contribution is -0.370. The summed E-state index contributed by atoms with van der Waals surface area (Å²) < 4.78 is 5.92. The summed E-state index contributed by atoms with van der Waals surface area (Å²) in [7, 11) is 0. The average Bonchev–Trinajstić information content (AvgIpc) is 2.63. The topological polar surface area (TPSA) is 71.4 Å². The average molecular weight is 333 g/mol. The monoisotopic (exact) mass is 333 g/mol. The maximum absolute atomic E-state index is 8.86. The second kappa shape index (κ2) is 10.7. The third kappa shape index (κ3) is 6.27. The van der Waals surface area contributed by atoms with Gasteiger partial charge < -0.3 is 14.9 Å². The Balaban J connectivity index is 1.97. The Morgan fingerprint density at radius 2 is 1.42 bits per heavy atom. The lowest BCUT2D eigenvalue weighted by atomic mass is 10.1. The van der Waals surface area contributed by atoms with Crippen LogP contribution in [0.4, 0.5) is 0 Å². The molecule has 130 valence electrons. The SMILES string of the molecule is OCCON(CCc1ccccc1Oc1ccccc1)OCCO. The van der Waals surface area contributed by atoms with E-state index in [1.807, 2.05) is 54.6 Å². The standard InChI is InChI=1S/C18H23NO5/c20-12-14-22-19(23-15-13-21)11-10-16-6-4-5-9-18(16)24-17-7-2-1-3-8-17/h1-9,20-21H,10-15H2. The molecule has 0 aliphatic carbocycles. The highest BCUT2D eigenvalue weighted by atomic mass is 16.9. The summed E-state index contributed by atoms with van der Waals surface area (Å²) >= 11 is 0. The van der Waals surface area contributed by atoms with Crippen molar-refractivity contribution < 1.29 is 24.6 Å². The van der Waals surface area contributed by atoms with Gasteiger partial charge in [-0.3, -0.25) is 9.68 Å². The summed E-state index contributed by atoms with van der Waals surface area (Å²) in [6.45, 7) is 0.496. The molecule has 2 N–H and O–H groups in total. The van der Waals surface area contributed by atoms with Gasteiger partial charge in [-0.05, 0) is 30.2 Å². The minimum Gasteiger partial charge on any atom is -0.457 e. The summed E-state index contributed by atoms with van der Waals surface area (Å²) in [6, 6.07) is 17.3. The minimum absolute atomic E-state index is 0.104. The second-order valence-corrected chi connectivity index (χ2v) is 4.94. The molecule has 2 aromatic rings. The van der Waals surface area contributed by atoms with E-state index in [4.69, 9.17) is 24.6 Å². The van der Waals surface area contributed by atoms with Gasteiger partial charge in [-0.25, -0.2) is 0 Å². The first-order valence-corrected chi connectivity index (χ1v) is 7.89. The number of aliphatic hydroxyl groups excluding tert-OH is 2. The number of aliphatic hydroxyl groups is 2. The van der Waals surface area contributed by atoms with Crippen LogP contribution in [0.15, 0.2) is 54.6 Å². The van der Waals surface area contributed by atoms with Crippen LogP contribution in [0.1, 0.15) is 5.56 Å². The predicted molar refractivity (Wildman–Crippen MR) is 89.4 cm³/mol. The number of hydrogen-bond donors (Lipinski definition) is 2. The molecule has 0 aliphatic heterocycles. The van der Waals surface area contributed by atoms with Crippen molar-refractivity contribution >= 4 is 0 Å². The molecule has 0 aromatic heterocycles. The Labute approximate surface area is 141 Å². The van der Waals surface area contributed by atoms with E-state index in [9.17, 15) is 0 Å². The Hall–Kier alpha value is -1.96. The van der Waals surface area contributed by atoms with Gasteiger partial charge in [0, 0.05) is 0 Å². The van der Waals surface area contributed by atoms with Gasteiger partial charge in [0.05, 0.1) is 33.0 Å². The molecule has 2 aromatic carbocycles. The first-order chi connectivity index (χ1) is 11.8. The van der Waals surface area contributed by atoms with E-state index in [0.717, 1.165) is 17.1 Å². The fourth-order valence-electron chi connectivity index (χ4n) is 2.09. The van der Waals surface area contributed by atoms with Gasteiger partial charge in [0.2, 0.25) is 0 Å². The molecule has 0 spiro atoms. The van der Waals surface area contributed by atoms with Gasteiger partial charge >= 0.3 is 0 Å². The molecular weight excluding hydrogens is 310 g/mol. The van der Waals surface area contributed by atoms with Gasteiger partial charge in [-0.15, -0.1) is 0 Å². The van der Waals surface area contributed by atoms with Crippen molar-refractivity contribution in [1.82, 2.24) is 5.23 Å². The Bertz CT molecular complexity index is 571. The number of nitrogens with zero attached hydrogens (tertiary/aromatic N) is 1. The minimum atomic E-state index is -0.104. The van der Waals surface area contributed by atoms with Crippen molar-refractivity contribution in [2.75, 3.05) is 33.0 Å². The number of ether oxygens (including phenoxy) is 1. The van der Waals surface area contributed by atoms with Gasteiger partial charge in [0.15, 0.2) is 0 Å². The highest BCUT2D eigenvalue weighted by molar-refractivity contribution is 5.37. The van der Waals surface area contributed by atoms with Gasteiger partial charge in [-0.2, -0.15) is 0 Å². The zero-order chi connectivity index (χ0) is 17.0. The van der Waals surface area contributed by atoms with Crippen LogP contribution in [-0.2, 0) is 16.1 Å². The third-order valence-electron chi connectivity index (χ3n) is 3.16. The van der Waals surface area contributed by atoms with E-state index < -0.39 is 0 Å². The van der Waals surface area contributed by atoms with Crippen LogP contribution in [0, 0.1) is 0 Å². The highest BCUT2D eigenvalue weighted by Crippen LogP contribution is 2.25. The third-order valence-corrected chi connectivity index (χ3v) is 3.16. The summed E-state index contributed by atoms with van der Waals surface area (Å²) in [5.41, 5.74) is 1.01. The van der Waals surface area contributed by atoms with Crippen LogP contribution in [0.25, 0.3) is 0 Å². The molecule has 0 saturated carbocycles. The van der Waals surface area contributed by atoms with Crippen molar-refractivity contribution in [2.24, 2.45) is 0 Å². The van der Waals surface area contributed by atoms with Crippen molar-refractivity contribution in [2.45, 2.75) is 6.42 Å². The van der Waals surface area contributed by atoms with Crippen LogP contribution >= 0.6 is 0 Å². The molecule has 0 heterocycles. The maximum atomic E-state index is 8.86. The highest BCUT2D eigenvalue weighted by Gasteiger charge is 2.10. The molecule has 6 nitrogen and oxygen atoms in total. The Morgan fingerprint density at radius 1 is 0.792 bits per heavy atom. The lowest BCUT2D eigenvalue weighted by Crippen LogP contribution is -2.29.